The first-order valence-electron chi connectivity index (χ1n) is 7.75. The van der Waals surface area contributed by atoms with Gasteiger partial charge in [-0.2, -0.15) is 0 Å². The van der Waals surface area contributed by atoms with Gasteiger partial charge in [-0.05, 0) is 46.3 Å². The van der Waals surface area contributed by atoms with Gasteiger partial charge in [0.15, 0.2) is 39.3 Å². The van der Waals surface area contributed by atoms with Crippen LogP contribution in [0.5, 0.6) is 0 Å². The lowest BCUT2D eigenvalue weighted by Crippen LogP contribution is -2.10. The van der Waals surface area contributed by atoms with Crippen molar-refractivity contribution in [3.05, 3.63) is 69.8 Å². The first-order chi connectivity index (χ1) is 13.8. The van der Waals surface area contributed by atoms with Gasteiger partial charge in [0.2, 0.25) is 11.7 Å². The summed E-state index contributed by atoms with van der Waals surface area (Å²) in [7, 11) is 0. The Morgan fingerprint density at radius 3 is 2.17 bits per heavy atom. The maximum Gasteiger partial charge on any atom is 0.291 e. The Bertz CT molecular complexity index is 1260. The Hall–Kier alpha value is -3.21. The molecule has 4 rings (SSSR count). The third kappa shape index (κ3) is 3.27. The van der Waals surface area contributed by atoms with Crippen molar-refractivity contribution in [3.8, 4) is 11.5 Å². The van der Waals surface area contributed by atoms with Gasteiger partial charge in [-0.25, -0.2) is 26.9 Å². The van der Waals surface area contributed by atoms with Gasteiger partial charge in [0.05, 0.1) is 0 Å². The number of oxazole rings is 1. The molecule has 5 nitrogen and oxygen atoms in total. The van der Waals surface area contributed by atoms with Crippen molar-refractivity contribution in [2.24, 2.45) is 0 Å². The summed E-state index contributed by atoms with van der Waals surface area (Å²) in [6.45, 7) is 0. The van der Waals surface area contributed by atoms with Crippen molar-refractivity contribution in [2.45, 2.75) is 0 Å². The van der Waals surface area contributed by atoms with Crippen molar-refractivity contribution >= 4 is 38.6 Å². The Morgan fingerprint density at radius 1 is 0.897 bits per heavy atom. The summed E-state index contributed by atoms with van der Waals surface area (Å²) < 4.78 is 78.6. The summed E-state index contributed by atoms with van der Waals surface area (Å²) in [5, 5.41) is 2.51. The van der Waals surface area contributed by atoms with E-state index < -0.39 is 46.4 Å². The van der Waals surface area contributed by atoms with Crippen molar-refractivity contribution in [1.29, 1.82) is 0 Å². The van der Waals surface area contributed by atoms with E-state index in [1.807, 2.05) is 0 Å². The monoisotopic (exact) mass is 472 g/mol. The molecular weight excluding hydrogens is 467 g/mol. The highest BCUT2D eigenvalue weighted by molar-refractivity contribution is 9.10. The third-order valence-corrected chi connectivity index (χ3v) is 4.29. The average molecular weight is 473 g/mol. The quantitative estimate of drug-likeness (QED) is 0.232. The van der Waals surface area contributed by atoms with Crippen LogP contribution in [-0.2, 0) is 0 Å². The Kier molecular flexibility index (Phi) is 4.61. The van der Waals surface area contributed by atoms with E-state index in [1.165, 1.54) is 30.3 Å². The zero-order chi connectivity index (χ0) is 20.9. The molecule has 1 N–H and O–H groups in total. The molecule has 0 bridgehead atoms. The topological polar surface area (TPSA) is 68.3 Å². The van der Waals surface area contributed by atoms with Crippen LogP contribution in [0.4, 0.5) is 27.6 Å². The highest BCUT2D eigenvalue weighted by atomic mass is 79.9. The fraction of sp³-hybridized carbons (Fsp3) is 0. The van der Waals surface area contributed by atoms with E-state index in [9.17, 15) is 26.7 Å². The van der Waals surface area contributed by atoms with Crippen LogP contribution in [0.1, 0.15) is 10.6 Å². The van der Waals surface area contributed by atoms with Gasteiger partial charge in [0.1, 0.15) is 11.1 Å². The van der Waals surface area contributed by atoms with E-state index in [1.54, 1.807) is 0 Å². The second-order valence-corrected chi connectivity index (χ2v) is 6.49. The predicted octanol–water partition coefficient (Wildman–Crippen LogP) is 5.80. The standard InChI is InChI=1S/C18H6BrF5N2O3/c19-10-4-3-9(28-10)17(27)25-6-1-2-8-7(5-6)26-18(29-8)11-12(20)14(22)16(24)15(23)13(11)21/h1-5H,(H,25,27). The molecule has 2 aromatic heterocycles. The number of furan rings is 1. The third-order valence-electron chi connectivity index (χ3n) is 3.87. The van der Waals surface area contributed by atoms with E-state index in [4.69, 9.17) is 8.83 Å². The lowest BCUT2D eigenvalue weighted by molar-refractivity contribution is 0.0995. The highest BCUT2D eigenvalue weighted by Gasteiger charge is 2.29. The van der Waals surface area contributed by atoms with Gasteiger partial charge >= 0.3 is 0 Å². The van der Waals surface area contributed by atoms with Crippen molar-refractivity contribution in [2.75, 3.05) is 5.32 Å². The van der Waals surface area contributed by atoms with E-state index >= 15 is 0 Å². The Balaban J connectivity index is 1.72. The molecular formula is C18H6BrF5N2O3. The van der Waals surface area contributed by atoms with Crippen LogP contribution in [0.2, 0.25) is 0 Å². The molecule has 4 aromatic rings. The maximum atomic E-state index is 14.0. The van der Waals surface area contributed by atoms with Gasteiger partial charge < -0.3 is 14.2 Å². The molecule has 0 aliphatic rings. The molecule has 0 radical (unpaired) electrons. The van der Waals surface area contributed by atoms with Gasteiger partial charge in [0, 0.05) is 5.69 Å². The summed E-state index contributed by atoms with van der Waals surface area (Å²) in [5.74, 6) is -12.0. The molecule has 0 saturated heterocycles. The molecule has 11 heteroatoms. The van der Waals surface area contributed by atoms with Crippen LogP contribution in [0.25, 0.3) is 22.6 Å². The second kappa shape index (κ2) is 6.99. The van der Waals surface area contributed by atoms with Crippen molar-refractivity contribution in [1.82, 2.24) is 4.98 Å². The minimum atomic E-state index is -2.28. The molecule has 1 amide bonds. The number of carbonyl (C=O) groups excluding carboxylic acids is 1. The SMILES string of the molecule is O=C(Nc1ccc2oc(-c3c(F)c(F)c(F)c(F)c3F)nc2c1)c1ccc(Br)o1. The summed E-state index contributed by atoms with van der Waals surface area (Å²) >= 11 is 3.06. The number of fused-ring (bicyclic) bond motifs is 1. The lowest BCUT2D eigenvalue weighted by atomic mass is 10.1. The normalized spacial score (nSPS) is 11.2. The fourth-order valence-corrected chi connectivity index (χ4v) is 2.84. The van der Waals surface area contributed by atoms with E-state index in [2.05, 4.69) is 26.2 Å². The van der Waals surface area contributed by atoms with Crippen LogP contribution in [0.15, 0.2) is 43.8 Å². The number of halogens is 6. The van der Waals surface area contributed by atoms with Crippen LogP contribution in [0.3, 0.4) is 0 Å². The number of benzene rings is 2. The van der Waals surface area contributed by atoms with Crippen LogP contribution in [0, 0.1) is 29.1 Å². The first-order valence-corrected chi connectivity index (χ1v) is 8.54. The molecule has 2 aromatic carbocycles. The molecule has 0 unspecified atom stereocenters. The molecule has 0 atom stereocenters. The number of nitrogens with one attached hydrogen (secondary N) is 1. The summed E-state index contributed by atoms with van der Waals surface area (Å²) in [5.41, 5.74) is -1.04. The van der Waals surface area contributed by atoms with Gasteiger partial charge in [-0.1, -0.05) is 0 Å². The average Bonchev–Trinajstić information content (AvgIpc) is 3.30. The van der Waals surface area contributed by atoms with Gasteiger partial charge in [0.25, 0.3) is 5.91 Å². The number of rotatable bonds is 3. The smallest absolute Gasteiger partial charge is 0.291 e. The summed E-state index contributed by atoms with van der Waals surface area (Å²) in [6, 6.07) is 6.95. The Labute approximate surface area is 166 Å². The number of amides is 1. The lowest BCUT2D eigenvalue weighted by Gasteiger charge is -2.04. The molecule has 0 aliphatic heterocycles. The molecule has 29 heavy (non-hydrogen) atoms. The second-order valence-electron chi connectivity index (χ2n) is 5.70. The molecule has 2 heterocycles. The molecule has 0 fully saturated rings. The molecule has 0 spiro atoms. The zero-order valence-corrected chi connectivity index (χ0v) is 15.4. The molecule has 0 saturated carbocycles. The largest absolute Gasteiger partial charge is 0.444 e. The van der Waals surface area contributed by atoms with Gasteiger partial charge in [-0.3, -0.25) is 4.79 Å². The number of anilines is 1. The highest BCUT2D eigenvalue weighted by Crippen LogP contribution is 2.33. The van der Waals surface area contributed by atoms with Gasteiger partial charge in [-0.15, -0.1) is 0 Å². The fourth-order valence-electron chi connectivity index (χ4n) is 2.53. The molecule has 0 aliphatic carbocycles. The summed E-state index contributed by atoms with van der Waals surface area (Å²) in [4.78, 5) is 15.9. The van der Waals surface area contributed by atoms with E-state index in [0.29, 0.717) is 4.67 Å². The summed E-state index contributed by atoms with van der Waals surface area (Å²) in [6.07, 6.45) is 0. The van der Waals surface area contributed by atoms with Crippen molar-refractivity contribution < 1.29 is 35.6 Å². The predicted molar refractivity (Wildman–Crippen MR) is 93.6 cm³/mol. The minimum absolute atomic E-state index is 0.00248. The maximum absolute atomic E-state index is 14.0. The van der Waals surface area contributed by atoms with E-state index in [-0.39, 0.29) is 22.5 Å². The minimum Gasteiger partial charge on any atom is -0.444 e. The van der Waals surface area contributed by atoms with E-state index in [0.717, 1.165) is 0 Å². The van der Waals surface area contributed by atoms with Crippen LogP contribution >= 0.6 is 15.9 Å². The molecule has 148 valence electrons. The van der Waals surface area contributed by atoms with Crippen LogP contribution < -0.4 is 5.32 Å². The zero-order valence-electron chi connectivity index (χ0n) is 13.8. The Morgan fingerprint density at radius 2 is 1.55 bits per heavy atom. The number of aromatic nitrogens is 1. The number of hydrogen-bond donors (Lipinski definition) is 1. The first kappa shape index (κ1) is 19.1. The van der Waals surface area contributed by atoms with Crippen LogP contribution in [-0.4, -0.2) is 10.9 Å². The number of nitrogens with zero attached hydrogens (tertiary/aromatic N) is 1. The van der Waals surface area contributed by atoms with Crippen molar-refractivity contribution in [3.63, 3.8) is 0 Å². The number of carbonyl (C=O) groups is 1. The number of hydrogen-bond acceptors (Lipinski definition) is 4.